The first kappa shape index (κ1) is 13.3. The molecular formula is C14H29N3. The summed E-state index contributed by atoms with van der Waals surface area (Å²) < 4.78 is 0. The zero-order chi connectivity index (χ0) is 12.1. The predicted molar refractivity (Wildman–Crippen MR) is 73.2 cm³/mol. The minimum absolute atomic E-state index is 0.726. The van der Waals surface area contributed by atoms with E-state index < -0.39 is 0 Å². The molecule has 2 N–H and O–H groups in total. The molecule has 0 aromatic heterocycles. The van der Waals surface area contributed by atoms with Gasteiger partial charge in [-0.2, -0.15) is 0 Å². The van der Waals surface area contributed by atoms with Gasteiger partial charge in [0.2, 0.25) is 0 Å². The van der Waals surface area contributed by atoms with Crippen LogP contribution >= 0.6 is 0 Å². The molecule has 0 spiro atoms. The highest BCUT2D eigenvalue weighted by Gasteiger charge is 2.27. The van der Waals surface area contributed by atoms with Gasteiger partial charge in [0.15, 0.2) is 0 Å². The van der Waals surface area contributed by atoms with Gasteiger partial charge in [-0.3, -0.25) is 9.80 Å². The molecule has 1 aliphatic carbocycles. The van der Waals surface area contributed by atoms with Crippen molar-refractivity contribution >= 4 is 0 Å². The minimum atomic E-state index is 0.726. The van der Waals surface area contributed by atoms with Gasteiger partial charge < -0.3 is 5.73 Å². The highest BCUT2D eigenvalue weighted by molar-refractivity contribution is 4.83. The molecule has 3 heteroatoms. The lowest BCUT2D eigenvalue weighted by Crippen LogP contribution is -2.52. The van der Waals surface area contributed by atoms with Crippen LogP contribution in [0.25, 0.3) is 0 Å². The minimum Gasteiger partial charge on any atom is -0.330 e. The average Bonchev–Trinajstić information content (AvgIpc) is 2.90. The second kappa shape index (κ2) is 6.72. The summed E-state index contributed by atoms with van der Waals surface area (Å²) in [7, 11) is 0. The van der Waals surface area contributed by atoms with Crippen LogP contribution in [0.1, 0.15) is 45.4 Å². The summed E-state index contributed by atoms with van der Waals surface area (Å²) in [4.78, 5) is 5.39. The maximum Gasteiger partial charge on any atom is 0.0113 e. The van der Waals surface area contributed by atoms with Crippen molar-refractivity contribution in [3.63, 3.8) is 0 Å². The van der Waals surface area contributed by atoms with E-state index in [0.29, 0.717) is 0 Å². The van der Waals surface area contributed by atoms with Gasteiger partial charge in [0.05, 0.1) is 0 Å². The normalized spacial score (nSPS) is 26.5. The highest BCUT2D eigenvalue weighted by Crippen LogP contribution is 2.24. The van der Waals surface area contributed by atoms with E-state index in [1.807, 2.05) is 0 Å². The van der Waals surface area contributed by atoms with Crippen LogP contribution in [0.3, 0.4) is 0 Å². The first-order chi connectivity index (χ1) is 8.31. The molecule has 2 rings (SSSR count). The molecular weight excluding hydrogens is 210 g/mol. The molecule has 17 heavy (non-hydrogen) atoms. The lowest BCUT2D eigenvalue weighted by molar-refractivity contribution is 0.0723. The molecule has 3 nitrogen and oxygen atoms in total. The van der Waals surface area contributed by atoms with Gasteiger partial charge in [0, 0.05) is 38.3 Å². The van der Waals surface area contributed by atoms with Gasteiger partial charge >= 0.3 is 0 Å². The Balaban J connectivity index is 1.69. The molecule has 1 saturated carbocycles. The number of hydrogen-bond donors (Lipinski definition) is 1. The molecule has 1 heterocycles. The van der Waals surface area contributed by atoms with E-state index in [9.17, 15) is 0 Å². The third-order valence-electron chi connectivity index (χ3n) is 4.64. The Hall–Kier alpha value is -0.120. The smallest absolute Gasteiger partial charge is 0.0113 e. The monoisotopic (exact) mass is 239 g/mol. The Morgan fingerprint density at radius 2 is 1.76 bits per heavy atom. The van der Waals surface area contributed by atoms with Crippen molar-refractivity contribution in [2.75, 3.05) is 32.7 Å². The first-order valence-corrected chi connectivity index (χ1v) is 7.49. The summed E-state index contributed by atoms with van der Waals surface area (Å²) >= 11 is 0. The Bertz CT molecular complexity index is 206. The van der Waals surface area contributed by atoms with Gasteiger partial charge in [-0.25, -0.2) is 0 Å². The summed E-state index contributed by atoms with van der Waals surface area (Å²) in [5.41, 5.74) is 5.58. The summed E-state index contributed by atoms with van der Waals surface area (Å²) in [5, 5.41) is 0. The predicted octanol–water partition coefficient (Wildman–Crippen LogP) is 1.67. The van der Waals surface area contributed by atoms with Crippen LogP contribution in [0.4, 0.5) is 0 Å². The topological polar surface area (TPSA) is 32.5 Å². The van der Waals surface area contributed by atoms with E-state index in [1.54, 1.807) is 0 Å². The van der Waals surface area contributed by atoms with Crippen LogP contribution in [0.15, 0.2) is 0 Å². The van der Waals surface area contributed by atoms with Gasteiger partial charge in [-0.15, -0.1) is 0 Å². The zero-order valence-corrected chi connectivity index (χ0v) is 11.4. The highest BCUT2D eigenvalue weighted by atomic mass is 15.3. The standard InChI is InChI=1S/C14H29N3/c1-13(5-4-8-15)16-9-11-17(12-10-16)14-6-2-3-7-14/h13-14H,2-12,15H2,1H3. The van der Waals surface area contributed by atoms with Crippen LogP contribution in [-0.4, -0.2) is 54.6 Å². The van der Waals surface area contributed by atoms with Crippen LogP contribution in [0, 0.1) is 0 Å². The summed E-state index contributed by atoms with van der Waals surface area (Å²) in [6.45, 7) is 8.31. The molecule has 2 aliphatic rings. The average molecular weight is 239 g/mol. The molecule has 1 aliphatic heterocycles. The lowest BCUT2D eigenvalue weighted by atomic mass is 10.1. The maximum atomic E-state index is 5.58. The Kier molecular flexibility index (Phi) is 5.26. The van der Waals surface area contributed by atoms with Gasteiger partial charge in [0.1, 0.15) is 0 Å². The summed E-state index contributed by atoms with van der Waals surface area (Å²) in [5.74, 6) is 0. The molecule has 0 amide bonds. The third kappa shape index (κ3) is 3.67. The van der Waals surface area contributed by atoms with Crippen molar-refractivity contribution in [1.29, 1.82) is 0 Å². The van der Waals surface area contributed by atoms with Crippen molar-refractivity contribution in [2.45, 2.75) is 57.5 Å². The zero-order valence-electron chi connectivity index (χ0n) is 11.4. The van der Waals surface area contributed by atoms with Crippen molar-refractivity contribution in [3.05, 3.63) is 0 Å². The summed E-state index contributed by atoms with van der Waals surface area (Å²) in [6.07, 6.45) is 8.24. The van der Waals surface area contributed by atoms with Crippen LogP contribution in [-0.2, 0) is 0 Å². The molecule has 2 fully saturated rings. The molecule has 100 valence electrons. The SMILES string of the molecule is CC(CCCN)N1CCN(C2CCCC2)CC1. The van der Waals surface area contributed by atoms with Gasteiger partial charge in [-0.1, -0.05) is 12.8 Å². The molecule has 0 bridgehead atoms. The quantitative estimate of drug-likeness (QED) is 0.792. The second-order valence-electron chi connectivity index (χ2n) is 5.79. The molecule has 0 aromatic carbocycles. The lowest BCUT2D eigenvalue weighted by Gasteiger charge is -2.40. The van der Waals surface area contributed by atoms with Crippen molar-refractivity contribution in [1.82, 2.24) is 9.80 Å². The maximum absolute atomic E-state index is 5.58. The number of rotatable bonds is 5. The Morgan fingerprint density at radius 1 is 1.12 bits per heavy atom. The van der Waals surface area contributed by atoms with E-state index in [2.05, 4.69) is 16.7 Å². The van der Waals surface area contributed by atoms with E-state index in [4.69, 9.17) is 5.73 Å². The van der Waals surface area contributed by atoms with Gasteiger partial charge in [0.25, 0.3) is 0 Å². The molecule has 1 atom stereocenters. The van der Waals surface area contributed by atoms with Gasteiger partial charge in [-0.05, 0) is 39.2 Å². The van der Waals surface area contributed by atoms with E-state index in [1.165, 1.54) is 64.7 Å². The number of nitrogens with two attached hydrogens (primary N) is 1. The molecule has 1 saturated heterocycles. The molecule has 0 aromatic rings. The fraction of sp³-hybridized carbons (Fsp3) is 1.00. The van der Waals surface area contributed by atoms with Crippen molar-refractivity contribution in [2.24, 2.45) is 5.73 Å². The largest absolute Gasteiger partial charge is 0.330 e. The third-order valence-corrected chi connectivity index (χ3v) is 4.64. The first-order valence-electron chi connectivity index (χ1n) is 7.49. The van der Waals surface area contributed by atoms with Crippen LogP contribution in [0.2, 0.25) is 0 Å². The fourth-order valence-electron chi connectivity index (χ4n) is 3.41. The number of hydrogen-bond acceptors (Lipinski definition) is 3. The van der Waals surface area contributed by atoms with E-state index in [0.717, 1.165) is 18.6 Å². The molecule has 1 unspecified atom stereocenters. The Labute approximate surface area is 106 Å². The van der Waals surface area contributed by atoms with Crippen LogP contribution in [0.5, 0.6) is 0 Å². The van der Waals surface area contributed by atoms with E-state index in [-0.39, 0.29) is 0 Å². The van der Waals surface area contributed by atoms with Crippen LogP contribution < -0.4 is 5.73 Å². The van der Waals surface area contributed by atoms with Crippen molar-refractivity contribution < 1.29 is 0 Å². The number of nitrogens with zero attached hydrogens (tertiary/aromatic N) is 2. The fourth-order valence-corrected chi connectivity index (χ4v) is 3.41. The molecule has 0 radical (unpaired) electrons. The van der Waals surface area contributed by atoms with E-state index >= 15 is 0 Å². The summed E-state index contributed by atoms with van der Waals surface area (Å²) in [6, 6.07) is 1.64. The second-order valence-corrected chi connectivity index (χ2v) is 5.79. The number of piperazine rings is 1. The van der Waals surface area contributed by atoms with Crippen molar-refractivity contribution in [3.8, 4) is 0 Å². The Morgan fingerprint density at radius 3 is 2.35 bits per heavy atom.